The molecule has 4 N–H and O–H groups in total. The van der Waals surface area contributed by atoms with Gasteiger partial charge in [-0.05, 0) is 29.8 Å². The molecule has 0 atom stereocenters. The lowest BCUT2D eigenvalue weighted by Crippen LogP contribution is -2.10. The van der Waals surface area contributed by atoms with Gasteiger partial charge in [0.05, 0.1) is 6.61 Å². The van der Waals surface area contributed by atoms with Gasteiger partial charge in [-0.15, -0.1) is 0 Å². The lowest BCUT2D eigenvalue weighted by atomic mass is 10.2. The Morgan fingerprint density at radius 2 is 2.04 bits per heavy atom. The van der Waals surface area contributed by atoms with Gasteiger partial charge in [0, 0.05) is 18.0 Å². The van der Waals surface area contributed by atoms with Crippen LogP contribution in [-0.2, 0) is 0 Å². The van der Waals surface area contributed by atoms with Gasteiger partial charge in [0.2, 0.25) is 11.2 Å². The van der Waals surface area contributed by atoms with Crippen molar-refractivity contribution in [2.75, 3.05) is 24.2 Å². The maximum absolute atomic E-state index is 11.5. The number of aromatic nitrogens is 3. The summed E-state index contributed by atoms with van der Waals surface area (Å²) in [7, 11) is 0. The molecule has 9 nitrogen and oxygen atoms in total. The molecule has 0 aliphatic rings. The minimum absolute atomic E-state index is 0.0278. The Hall–Kier alpha value is -2.91. The Balaban J connectivity index is 0.00000117. The summed E-state index contributed by atoms with van der Waals surface area (Å²) < 4.78 is 10.6. The number of fused-ring (bicyclic) bond motifs is 1. The predicted octanol–water partition coefficient (Wildman–Crippen LogP) is 2.44. The summed E-state index contributed by atoms with van der Waals surface area (Å²) in [5, 5.41) is 12.1. The summed E-state index contributed by atoms with van der Waals surface area (Å²) in [6.45, 7) is 4.16. The average Bonchev–Trinajstić information content (AvgIpc) is 2.62. The summed E-state index contributed by atoms with van der Waals surface area (Å²) in [6, 6.07) is 6.29. The molecule has 138 valence electrons. The van der Waals surface area contributed by atoms with Crippen molar-refractivity contribution >= 4 is 34.2 Å². The molecule has 3 rings (SSSR count). The lowest BCUT2D eigenvalue weighted by Gasteiger charge is -2.07. The molecule has 0 amide bonds. The third-order valence-corrected chi connectivity index (χ3v) is 3.10. The van der Waals surface area contributed by atoms with Crippen molar-refractivity contribution in [1.29, 1.82) is 0 Å². The number of halogens is 1. The molecule has 0 radical (unpaired) electrons. The van der Waals surface area contributed by atoms with Crippen molar-refractivity contribution in [3.05, 3.63) is 40.0 Å². The highest BCUT2D eigenvalue weighted by atomic mass is 35.5. The molecule has 0 aliphatic carbocycles. The number of rotatable bonds is 5. The molecule has 3 aromatic rings. The molecule has 0 spiro atoms. The van der Waals surface area contributed by atoms with Crippen LogP contribution in [0.1, 0.15) is 13.8 Å². The zero-order valence-corrected chi connectivity index (χ0v) is 14.9. The standard InChI is InChI=1S/C14H12ClN5O4.C2H6/c15-12-18-13(17-3-4-21)20-14(19-12)23-8-2-1-7-5-9(16)11(22)24-10(7)6-8;1-2/h1-2,5-6,21H,3-4,16H2,(H,17,18,19,20);1-2H3. The number of aliphatic hydroxyl groups is 1. The van der Waals surface area contributed by atoms with E-state index >= 15 is 0 Å². The lowest BCUT2D eigenvalue weighted by molar-refractivity contribution is 0.310. The number of nitrogen functional groups attached to an aromatic ring is 1. The minimum atomic E-state index is -0.627. The molecule has 10 heteroatoms. The van der Waals surface area contributed by atoms with Crippen molar-refractivity contribution in [2.45, 2.75) is 13.8 Å². The first-order chi connectivity index (χ1) is 12.5. The zero-order chi connectivity index (χ0) is 19.1. The molecular formula is C16H18ClN5O4. The number of ether oxygens (including phenoxy) is 1. The van der Waals surface area contributed by atoms with Crippen LogP contribution in [0.25, 0.3) is 11.0 Å². The van der Waals surface area contributed by atoms with Crippen LogP contribution in [0.4, 0.5) is 11.6 Å². The smallest absolute Gasteiger partial charge is 0.359 e. The molecule has 0 saturated heterocycles. The Morgan fingerprint density at radius 1 is 1.27 bits per heavy atom. The van der Waals surface area contributed by atoms with Crippen molar-refractivity contribution in [3.63, 3.8) is 0 Å². The van der Waals surface area contributed by atoms with E-state index in [0.717, 1.165) is 0 Å². The van der Waals surface area contributed by atoms with Gasteiger partial charge in [-0.1, -0.05) is 13.8 Å². The molecule has 0 bridgehead atoms. The van der Waals surface area contributed by atoms with E-state index in [2.05, 4.69) is 20.3 Å². The highest BCUT2D eigenvalue weighted by Crippen LogP contribution is 2.25. The fraction of sp³-hybridized carbons (Fsp3) is 0.250. The van der Waals surface area contributed by atoms with Crippen molar-refractivity contribution < 1.29 is 14.3 Å². The first-order valence-electron chi connectivity index (χ1n) is 7.83. The quantitative estimate of drug-likeness (QED) is 0.570. The molecule has 1 aromatic carbocycles. The van der Waals surface area contributed by atoms with E-state index in [1.165, 1.54) is 12.1 Å². The summed E-state index contributed by atoms with van der Waals surface area (Å²) >= 11 is 5.81. The second-order valence-corrected chi connectivity index (χ2v) is 4.99. The molecule has 0 fully saturated rings. The SMILES string of the molecule is CC.Nc1cc2ccc(Oc3nc(Cl)nc(NCCO)n3)cc2oc1=O. The fourth-order valence-electron chi connectivity index (χ4n) is 1.90. The second kappa shape index (κ2) is 8.97. The van der Waals surface area contributed by atoms with Crippen LogP contribution < -0.4 is 21.4 Å². The Labute approximate surface area is 153 Å². The molecule has 0 saturated carbocycles. The summed E-state index contributed by atoms with van der Waals surface area (Å²) in [5.74, 6) is 0.505. The van der Waals surface area contributed by atoms with Crippen LogP contribution in [0.2, 0.25) is 5.28 Å². The van der Waals surface area contributed by atoms with Crippen LogP contribution in [-0.4, -0.2) is 33.2 Å². The van der Waals surface area contributed by atoms with E-state index in [1.54, 1.807) is 12.1 Å². The van der Waals surface area contributed by atoms with Gasteiger partial charge in [0.1, 0.15) is 17.0 Å². The van der Waals surface area contributed by atoms with Crippen molar-refractivity contribution in [3.8, 4) is 11.8 Å². The van der Waals surface area contributed by atoms with Gasteiger partial charge in [0.15, 0.2) is 0 Å². The summed E-state index contributed by atoms with van der Waals surface area (Å²) in [5.41, 5.74) is 5.23. The largest absolute Gasteiger partial charge is 0.424 e. The number of nitrogens with one attached hydrogen (secondary N) is 1. The second-order valence-electron chi connectivity index (χ2n) is 4.65. The van der Waals surface area contributed by atoms with Gasteiger partial charge in [-0.2, -0.15) is 15.0 Å². The van der Waals surface area contributed by atoms with E-state index in [1.807, 2.05) is 13.8 Å². The van der Waals surface area contributed by atoms with Crippen LogP contribution in [0, 0.1) is 0 Å². The summed E-state index contributed by atoms with van der Waals surface area (Å²) in [4.78, 5) is 23.2. The maximum Gasteiger partial charge on any atom is 0.359 e. The van der Waals surface area contributed by atoms with Gasteiger partial charge in [0.25, 0.3) is 0 Å². The van der Waals surface area contributed by atoms with E-state index < -0.39 is 5.63 Å². The van der Waals surface area contributed by atoms with Gasteiger partial charge in [-0.3, -0.25) is 0 Å². The van der Waals surface area contributed by atoms with Gasteiger partial charge < -0.3 is 25.3 Å². The van der Waals surface area contributed by atoms with E-state index in [0.29, 0.717) is 16.7 Å². The molecule has 0 unspecified atom stereocenters. The fourth-order valence-corrected chi connectivity index (χ4v) is 2.05. The topological polar surface area (TPSA) is 136 Å². The third kappa shape index (κ3) is 4.80. The maximum atomic E-state index is 11.5. The van der Waals surface area contributed by atoms with Crippen LogP contribution in [0.3, 0.4) is 0 Å². The molecular weight excluding hydrogens is 362 g/mol. The van der Waals surface area contributed by atoms with Gasteiger partial charge in [-0.25, -0.2) is 4.79 Å². The Bertz CT molecular complexity index is 948. The number of hydrogen-bond donors (Lipinski definition) is 3. The number of aliphatic hydroxyl groups excluding tert-OH is 1. The van der Waals surface area contributed by atoms with Crippen LogP contribution in [0.5, 0.6) is 11.8 Å². The highest BCUT2D eigenvalue weighted by Gasteiger charge is 2.09. The number of hydrogen-bond acceptors (Lipinski definition) is 9. The minimum Gasteiger partial charge on any atom is -0.424 e. The third-order valence-electron chi connectivity index (χ3n) is 2.93. The van der Waals surface area contributed by atoms with E-state index in [-0.39, 0.29) is 36.1 Å². The predicted molar refractivity (Wildman–Crippen MR) is 98.7 cm³/mol. The van der Waals surface area contributed by atoms with Gasteiger partial charge >= 0.3 is 11.6 Å². The van der Waals surface area contributed by atoms with E-state index in [9.17, 15) is 4.79 Å². The molecule has 0 aliphatic heterocycles. The molecule has 26 heavy (non-hydrogen) atoms. The number of anilines is 2. The first-order valence-corrected chi connectivity index (χ1v) is 8.20. The monoisotopic (exact) mass is 379 g/mol. The zero-order valence-electron chi connectivity index (χ0n) is 14.2. The number of nitrogens with two attached hydrogens (primary N) is 1. The first kappa shape index (κ1) is 19.4. The number of nitrogens with zero attached hydrogens (tertiary/aromatic N) is 3. The van der Waals surface area contributed by atoms with E-state index in [4.69, 9.17) is 31.6 Å². The molecule has 2 heterocycles. The summed E-state index contributed by atoms with van der Waals surface area (Å²) in [6.07, 6.45) is 0. The molecule has 2 aromatic heterocycles. The Morgan fingerprint density at radius 3 is 2.77 bits per heavy atom. The average molecular weight is 380 g/mol. The van der Waals surface area contributed by atoms with Crippen LogP contribution in [0.15, 0.2) is 33.5 Å². The van der Waals surface area contributed by atoms with Crippen LogP contribution >= 0.6 is 11.6 Å². The number of benzene rings is 1. The highest BCUT2D eigenvalue weighted by molar-refractivity contribution is 6.28. The van der Waals surface area contributed by atoms with Crippen molar-refractivity contribution in [2.24, 2.45) is 0 Å². The van der Waals surface area contributed by atoms with Crippen molar-refractivity contribution in [1.82, 2.24) is 15.0 Å². The Kier molecular flexibility index (Phi) is 6.70. The normalized spacial score (nSPS) is 10.2.